The molecule has 6 nitrogen and oxygen atoms in total. The minimum atomic E-state index is -0.204. The Bertz CT molecular complexity index is 636. The molecule has 2 fully saturated rings. The maximum atomic E-state index is 12.8. The molecule has 0 spiro atoms. The van der Waals surface area contributed by atoms with Crippen molar-refractivity contribution in [2.75, 3.05) is 26.7 Å². The third-order valence-electron chi connectivity index (χ3n) is 7.44. The van der Waals surface area contributed by atoms with Crippen LogP contribution in [0.4, 0.5) is 0 Å². The first-order chi connectivity index (χ1) is 15.8. The third-order valence-corrected chi connectivity index (χ3v) is 8.84. The summed E-state index contributed by atoms with van der Waals surface area (Å²) in [5.41, 5.74) is 0. The van der Waals surface area contributed by atoms with Crippen LogP contribution in [0.3, 0.4) is 0 Å². The van der Waals surface area contributed by atoms with Crippen molar-refractivity contribution in [1.29, 1.82) is 0 Å². The molecule has 0 bridgehead atoms. The Hall–Kier alpha value is -1.08. The summed E-state index contributed by atoms with van der Waals surface area (Å²) in [6.07, 6.45) is 9.63. The Balaban J connectivity index is 1.70. The molecule has 1 aliphatic carbocycles. The second-order valence-corrected chi connectivity index (χ2v) is 11.9. The Labute approximate surface area is 206 Å². The van der Waals surface area contributed by atoms with Crippen molar-refractivity contribution in [3.63, 3.8) is 0 Å². The summed E-state index contributed by atoms with van der Waals surface area (Å²) in [5, 5.41) is 3.33. The predicted molar refractivity (Wildman–Crippen MR) is 137 cm³/mol. The molecule has 1 saturated carbocycles. The van der Waals surface area contributed by atoms with Crippen molar-refractivity contribution >= 4 is 29.5 Å². The summed E-state index contributed by atoms with van der Waals surface area (Å²) in [4.78, 5) is 41.8. The zero-order valence-corrected chi connectivity index (χ0v) is 22.4. The number of thioether (sulfide) groups is 1. The van der Waals surface area contributed by atoms with Crippen LogP contribution in [-0.2, 0) is 14.4 Å². The summed E-state index contributed by atoms with van der Waals surface area (Å²) in [5.74, 6) is 0.545. The smallest absolute Gasteiger partial charge is 0.242 e. The average molecular weight is 482 g/mol. The average Bonchev–Trinajstić information content (AvgIpc) is 3.05. The van der Waals surface area contributed by atoms with Crippen LogP contribution in [0.5, 0.6) is 0 Å². The molecule has 3 amide bonds. The van der Waals surface area contributed by atoms with Crippen LogP contribution in [0.15, 0.2) is 0 Å². The van der Waals surface area contributed by atoms with Gasteiger partial charge in [0.25, 0.3) is 0 Å². The Morgan fingerprint density at radius 2 is 1.82 bits per heavy atom. The van der Waals surface area contributed by atoms with Gasteiger partial charge in [-0.2, -0.15) is 0 Å². The van der Waals surface area contributed by atoms with Crippen molar-refractivity contribution in [3.05, 3.63) is 0 Å². The van der Waals surface area contributed by atoms with Gasteiger partial charge in [0, 0.05) is 43.3 Å². The van der Waals surface area contributed by atoms with Crippen molar-refractivity contribution in [2.45, 2.75) is 108 Å². The molecule has 1 saturated heterocycles. The first-order valence-corrected chi connectivity index (χ1v) is 14.2. The molecule has 3 atom stereocenters. The second kappa shape index (κ2) is 14.3. The number of imide groups is 1. The normalized spacial score (nSPS) is 25.5. The van der Waals surface area contributed by atoms with Crippen LogP contribution < -0.4 is 5.32 Å². The number of carbonyl (C=O) groups excluding carboxylic acids is 3. The molecule has 0 aromatic carbocycles. The molecule has 3 unspecified atom stereocenters. The van der Waals surface area contributed by atoms with Crippen LogP contribution in [-0.4, -0.2) is 70.7 Å². The Morgan fingerprint density at radius 1 is 1.12 bits per heavy atom. The number of carbonyl (C=O) groups is 3. The molecule has 1 N–H and O–H groups in total. The first kappa shape index (κ1) is 28.2. The van der Waals surface area contributed by atoms with Gasteiger partial charge in [0.2, 0.25) is 17.7 Å². The van der Waals surface area contributed by atoms with Gasteiger partial charge in [-0.3, -0.25) is 19.3 Å². The number of likely N-dealkylation sites (tertiary alicyclic amines) is 1. The summed E-state index contributed by atoms with van der Waals surface area (Å²) in [6, 6.07) is 0.538. The second-order valence-electron chi connectivity index (χ2n) is 10.3. The maximum Gasteiger partial charge on any atom is 0.242 e. The van der Waals surface area contributed by atoms with Gasteiger partial charge >= 0.3 is 0 Å². The summed E-state index contributed by atoms with van der Waals surface area (Å²) in [7, 11) is 2.12. The van der Waals surface area contributed by atoms with E-state index in [2.05, 4.69) is 45.0 Å². The van der Waals surface area contributed by atoms with Gasteiger partial charge in [-0.15, -0.1) is 11.8 Å². The number of likely N-dealkylation sites (N-methyl/N-ethyl adjacent to an activating group) is 1. The lowest BCUT2D eigenvalue weighted by molar-refractivity contribution is -0.139. The van der Waals surface area contributed by atoms with Gasteiger partial charge in [-0.25, -0.2) is 0 Å². The molecule has 0 aromatic rings. The fourth-order valence-corrected chi connectivity index (χ4v) is 6.36. The number of hydrogen-bond donors (Lipinski definition) is 1. The van der Waals surface area contributed by atoms with E-state index in [0.29, 0.717) is 36.7 Å². The zero-order chi connectivity index (χ0) is 24.4. The van der Waals surface area contributed by atoms with Crippen molar-refractivity contribution < 1.29 is 14.4 Å². The van der Waals surface area contributed by atoms with E-state index < -0.39 is 0 Å². The fourth-order valence-electron chi connectivity index (χ4n) is 5.01. The Kier molecular flexibility index (Phi) is 12.2. The van der Waals surface area contributed by atoms with Gasteiger partial charge in [0.05, 0.1) is 5.25 Å². The number of nitrogens with one attached hydrogen (secondary N) is 1. The van der Waals surface area contributed by atoms with E-state index >= 15 is 0 Å². The van der Waals surface area contributed by atoms with Gasteiger partial charge in [-0.05, 0) is 58.4 Å². The number of hydrogen-bond acceptors (Lipinski definition) is 5. The van der Waals surface area contributed by atoms with Crippen molar-refractivity contribution in [2.24, 2.45) is 11.8 Å². The quantitative estimate of drug-likeness (QED) is 0.371. The number of unbranched alkanes of at least 4 members (excludes halogenated alkanes) is 1. The number of nitrogens with zero attached hydrogens (tertiary/aromatic N) is 2. The highest BCUT2D eigenvalue weighted by molar-refractivity contribution is 8.01. The highest BCUT2D eigenvalue weighted by atomic mass is 32.2. The highest BCUT2D eigenvalue weighted by Crippen LogP contribution is 2.34. The predicted octanol–water partition coefficient (Wildman–Crippen LogP) is 4.47. The van der Waals surface area contributed by atoms with Crippen LogP contribution in [0.25, 0.3) is 0 Å². The monoisotopic (exact) mass is 481 g/mol. The standard InChI is InChI=1S/C26H47N3O3S/c1-6-8-10-20(4)33-23-17-24(30)29(26(23)32)18-21-11-13-22(14-12-21)25(31)27-15-16-28(5)19(3)9-7-2/h19-23H,6-18H2,1-5H3,(H,27,31). The zero-order valence-electron chi connectivity index (χ0n) is 21.6. The van der Waals surface area contributed by atoms with Crippen molar-refractivity contribution in [1.82, 2.24) is 15.1 Å². The van der Waals surface area contributed by atoms with E-state index in [1.807, 2.05) is 0 Å². The number of amides is 3. The molecular weight excluding hydrogens is 434 g/mol. The third kappa shape index (κ3) is 8.89. The van der Waals surface area contributed by atoms with E-state index in [9.17, 15) is 14.4 Å². The summed E-state index contributed by atoms with van der Waals surface area (Å²) < 4.78 is 0. The molecule has 2 aliphatic rings. The molecule has 33 heavy (non-hydrogen) atoms. The lowest BCUT2D eigenvalue weighted by Gasteiger charge is -2.30. The van der Waals surface area contributed by atoms with Crippen LogP contribution in [0, 0.1) is 11.8 Å². The lowest BCUT2D eigenvalue weighted by Crippen LogP contribution is -2.41. The molecule has 0 radical (unpaired) electrons. The lowest BCUT2D eigenvalue weighted by atomic mass is 9.81. The molecular formula is C26H47N3O3S. The van der Waals surface area contributed by atoms with E-state index in [0.717, 1.165) is 51.5 Å². The van der Waals surface area contributed by atoms with Crippen LogP contribution in [0.1, 0.15) is 91.9 Å². The molecule has 190 valence electrons. The van der Waals surface area contributed by atoms with Crippen LogP contribution >= 0.6 is 11.8 Å². The van der Waals surface area contributed by atoms with Gasteiger partial charge in [0.15, 0.2) is 0 Å². The van der Waals surface area contributed by atoms with Gasteiger partial charge in [-0.1, -0.05) is 40.0 Å². The van der Waals surface area contributed by atoms with E-state index in [4.69, 9.17) is 0 Å². The molecule has 7 heteroatoms. The fraction of sp³-hybridized carbons (Fsp3) is 0.885. The summed E-state index contributed by atoms with van der Waals surface area (Å²) >= 11 is 1.67. The molecule has 0 aromatic heterocycles. The SMILES string of the molecule is CCCCC(C)SC1CC(=O)N(CC2CCC(C(=O)NCCN(C)C(C)CCC)CC2)C1=O. The topological polar surface area (TPSA) is 69.7 Å². The minimum Gasteiger partial charge on any atom is -0.355 e. The van der Waals surface area contributed by atoms with E-state index in [-0.39, 0.29) is 28.9 Å². The van der Waals surface area contributed by atoms with Gasteiger partial charge in [0.1, 0.15) is 0 Å². The summed E-state index contributed by atoms with van der Waals surface area (Å²) in [6.45, 7) is 10.9. The molecule has 1 aliphatic heterocycles. The van der Waals surface area contributed by atoms with E-state index in [1.165, 1.54) is 17.7 Å². The molecule has 1 heterocycles. The maximum absolute atomic E-state index is 12.8. The highest BCUT2D eigenvalue weighted by Gasteiger charge is 2.41. The number of rotatable bonds is 14. The first-order valence-electron chi connectivity index (χ1n) is 13.2. The Morgan fingerprint density at radius 3 is 2.45 bits per heavy atom. The minimum absolute atomic E-state index is 0.00892. The van der Waals surface area contributed by atoms with Gasteiger partial charge < -0.3 is 10.2 Å². The van der Waals surface area contributed by atoms with E-state index in [1.54, 1.807) is 11.8 Å². The van der Waals surface area contributed by atoms with Crippen LogP contribution in [0.2, 0.25) is 0 Å². The molecule has 2 rings (SSSR count). The largest absolute Gasteiger partial charge is 0.355 e. The van der Waals surface area contributed by atoms with Crippen molar-refractivity contribution in [3.8, 4) is 0 Å².